The fourth-order valence-corrected chi connectivity index (χ4v) is 6.14. The van der Waals surface area contributed by atoms with E-state index in [2.05, 4.69) is 39.7 Å². The molecule has 6 atom stereocenters. The number of aliphatic hydroxyl groups excluding tert-OH is 1. The van der Waals surface area contributed by atoms with Gasteiger partial charge in [-0.2, -0.15) is 0 Å². The van der Waals surface area contributed by atoms with Crippen LogP contribution in [-0.2, 0) is 9.53 Å². The minimum absolute atomic E-state index is 0.115. The van der Waals surface area contributed by atoms with Gasteiger partial charge in [-0.25, -0.2) is 9.97 Å². The molecule has 0 bridgehead atoms. The largest absolute Gasteiger partial charge is 0.461 e. The van der Waals surface area contributed by atoms with Crippen molar-refractivity contribution >= 4 is 11.9 Å². The van der Waals surface area contributed by atoms with Gasteiger partial charge in [0.05, 0.1) is 12.0 Å². The monoisotopic (exact) mass is 412 g/mol. The third-order valence-electron chi connectivity index (χ3n) is 8.23. The average molecular weight is 413 g/mol. The van der Waals surface area contributed by atoms with Crippen LogP contribution in [0.5, 0.6) is 0 Å². The predicted molar refractivity (Wildman–Crippen MR) is 113 cm³/mol. The van der Waals surface area contributed by atoms with Gasteiger partial charge in [-0.1, -0.05) is 25.5 Å². The van der Waals surface area contributed by atoms with E-state index >= 15 is 0 Å². The zero-order chi connectivity index (χ0) is 20.9. The molecule has 1 aromatic heterocycles. The van der Waals surface area contributed by atoms with E-state index in [1.807, 2.05) is 6.07 Å². The van der Waals surface area contributed by atoms with E-state index in [0.29, 0.717) is 12.5 Å². The van der Waals surface area contributed by atoms with Gasteiger partial charge in [-0.3, -0.25) is 9.69 Å². The molecule has 7 heteroatoms. The van der Waals surface area contributed by atoms with Crippen molar-refractivity contribution in [2.75, 3.05) is 37.6 Å². The normalized spacial score (nSPS) is 39.2. The van der Waals surface area contributed by atoms with Gasteiger partial charge in [-0.15, -0.1) is 0 Å². The predicted octanol–water partition coefficient (Wildman–Crippen LogP) is 1.88. The third-order valence-corrected chi connectivity index (χ3v) is 8.23. The first-order valence-electron chi connectivity index (χ1n) is 11.3. The highest BCUT2D eigenvalue weighted by Gasteiger charge is 2.59. The van der Waals surface area contributed by atoms with Gasteiger partial charge in [0.2, 0.25) is 5.95 Å². The highest BCUT2D eigenvalue weighted by molar-refractivity contribution is 5.76. The number of anilines is 1. The Hall–Kier alpha value is -1.99. The maximum absolute atomic E-state index is 12.8. The minimum atomic E-state index is -0.534. The Balaban J connectivity index is 1.28. The molecule has 0 unspecified atom stereocenters. The van der Waals surface area contributed by atoms with Crippen molar-refractivity contribution in [1.82, 2.24) is 14.9 Å². The summed E-state index contributed by atoms with van der Waals surface area (Å²) in [5.74, 6) is 0.680. The minimum Gasteiger partial charge on any atom is -0.461 e. The maximum atomic E-state index is 12.8. The first-order chi connectivity index (χ1) is 14.5. The molecule has 1 saturated carbocycles. The van der Waals surface area contributed by atoms with Crippen LogP contribution in [0.15, 0.2) is 30.1 Å². The molecular weight excluding hydrogens is 380 g/mol. The number of aliphatic hydroxyl groups is 1. The second-order valence-electron chi connectivity index (χ2n) is 9.64. The summed E-state index contributed by atoms with van der Waals surface area (Å²) in [6.07, 6.45) is 8.04. The summed E-state index contributed by atoms with van der Waals surface area (Å²) in [5, 5.41) is 11.5. The van der Waals surface area contributed by atoms with Crippen molar-refractivity contribution in [3.05, 3.63) is 30.1 Å². The van der Waals surface area contributed by atoms with E-state index < -0.39 is 6.10 Å². The fourth-order valence-electron chi connectivity index (χ4n) is 6.14. The third kappa shape index (κ3) is 3.14. The number of aromatic nitrogens is 2. The fraction of sp³-hybridized carbons (Fsp3) is 0.696. The number of allylic oxidation sites excluding steroid dienone is 1. The Kier molecular flexibility index (Phi) is 5.06. The molecule has 7 nitrogen and oxygen atoms in total. The van der Waals surface area contributed by atoms with E-state index in [1.54, 1.807) is 12.4 Å². The number of nitrogens with zero attached hydrogens (tertiary/aromatic N) is 4. The number of ether oxygens (including phenoxy) is 1. The number of carbonyl (C=O) groups is 1. The number of fused-ring (bicyclic) bond motifs is 2. The van der Waals surface area contributed by atoms with Crippen LogP contribution in [-0.4, -0.2) is 70.9 Å². The van der Waals surface area contributed by atoms with Crippen molar-refractivity contribution in [2.24, 2.45) is 23.2 Å². The van der Waals surface area contributed by atoms with E-state index in [0.717, 1.165) is 51.4 Å². The molecule has 30 heavy (non-hydrogen) atoms. The van der Waals surface area contributed by atoms with E-state index in [-0.39, 0.29) is 29.3 Å². The lowest BCUT2D eigenvalue weighted by molar-refractivity contribution is -0.145. The summed E-state index contributed by atoms with van der Waals surface area (Å²) < 4.78 is 5.81. The molecule has 4 aliphatic rings. The molecule has 1 N–H and O–H groups in total. The molecule has 162 valence electrons. The Morgan fingerprint density at radius 2 is 1.97 bits per heavy atom. The van der Waals surface area contributed by atoms with Crippen LogP contribution in [0.2, 0.25) is 0 Å². The Bertz CT molecular complexity index is 823. The summed E-state index contributed by atoms with van der Waals surface area (Å²) in [6.45, 7) is 8.48. The molecule has 3 fully saturated rings. The molecule has 0 aromatic carbocycles. The molecule has 0 radical (unpaired) electrons. The second kappa shape index (κ2) is 7.61. The Morgan fingerprint density at radius 1 is 1.23 bits per heavy atom. The molecule has 3 heterocycles. The van der Waals surface area contributed by atoms with Gasteiger partial charge < -0.3 is 14.7 Å². The maximum Gasteiger partial charge on any atom is 0.311 e. The highest BCUT2D eigenvalue weighted by Crippen LogP contribution is 2.56. The molecule has 2 aliphatic heterocycles. The molecule has 1 aromatic rings. The lowest BCUT2D eigenvalue weighted by atomic mass is 9.55. The smallest absolute Gasteiger partial charge is 0.311 e. The topological polar surface area (TPSA) is 78.8 Å². The van der Waals surface area contributed by atoms with Crippen LogP contribution in [0.3, 0.4) is 0 Å². The van der Waals surface area contributed by atoms with Crippen LogP contribution in [0.25, 0.3) is 0 Å². The van der Waals surface area contributed by atoms with E-state index in [1.165, 1.54) is 5.57 Å². The highest BCUT2D eigenvalue weighted by atomic mass is 16.6. The summed E-state index contributed by atoms with van der Waals surface area (Å²) in [4.78, 5) is 26.0. The zero-order valence-electron chi connectivity index (χ0n) is 17.9. The van der Waals surface area contributed by atoms with Crippen molar-refractivity contribution in [3.8, 4) is 0 Å². The van der Waals surface area contributed by atoms with Crippen molar-refractivity contribution < 1.29 is 14.6 Å². The standard InChI is InChI=1S/C23H32N4O3/c1-15-5-3-6-16-13-18-19(20(28)23(15,16)2)17(21(29)30-18)14-26-9-11-27(12-10-26)22-24-7-4-8-25-22/h4,6-8,15,17-20,28H,3,5,9-14H2,1-2H3/t15-,17-,18-,19+,20+,23-/m1/s1. The quantitative estimate of drug-likeness (QED) is 0.600. The van der Waals surface area contributed by atoms with Gasteiger partial charge in [-0.05, 0) is 24.8 Å². The number of hydrogen-bond acceptors (Lipinski definition) is 7. The number of hydrogen-bond donors (Lipinski definition) is 1. The van der Waals surface area contributed by atoms with Crippen molar-refractivity contribution in [2.45, 2.75) is 45.3 Å². The summed E-state index contributed by atoms with van der Waals surface area (Å²) in [6, 6.07) is 1.83. The van der Waals surface area contributed by atoms with Gasteiger partial charge in [0.25, 0.3) is 0 Å². The second-order valence-corrected chi connectivity index (χ2v) is 9.64. The first kappa shape index (κ1) is 19.9. The van der Waals surface area contributed by atoms with Crippen LogP contribution < -0.4 is 4.90 Å². The van der Waals surface area contributed by atoms with Crippen LogP contribution >= 0.6 is 0 Å². The lowest BCUT2D eigenvalue weighted by Crippen LogP contribution is -2.55. The number of piperazine rings is 1. The number of rotatable bonds is 3. The average Bonchev–Trinajstić information content (AvgIpc) is 3.07. The molecule has 2 aliphatic carbocycles. The molecule has 5 rings (SSSR count). The number of esters is 1. The zero-order valence-corrected chi connectivity index (χ0v) is 17.9. The van der Waals surface area contributed by atoms with Crippen LogP contribution in [0, 0.1) is 23.2 Å². The molecule has 2 saturated heterocycles. The molecule has 0 amide bonds. The van der Waals surface area contributed by atoms with Gasteiger partial charge >= 0.3 is 5.97 Å². The lowest BCUT2D eigenvalue weighted by Gasteiger charge is -2.52. The first-order valence-corrected chi connectivity index (χ1v) is 11.3. The Labute approximate surface area is 178 Å². The summed E-state index contributed by atoms with van der Waals surface area (Å²) in [5.41, 5.74) is 1.05. The van der Waals surface area contributed by atoms with Crippen LogP contribution in [0.1, 0.15) is 33.1 Å². The van der Waals surface area contributed by atoms with Crippen LogP contribution in [0.4, 0.5) is 5.95 Å². The van der Waals surface area contributed by atoms with Gasteiger partial charge in [0, 0.05) is 62.9 Å². The van der Waals surface area contributed by atoms with Gasteiger partial charge in [0.15, 0.2) is 0 Å². The van der Waals surface area contributed by atoms with Crippen molar-refractivity contribution in [3.63, 3.8) is 0 Å². The number of carbonyl (C=O) groups excluding carboxylic acids is 1. The SMILES string of the molecule is C[C@@H]1CCC=C2C[C@H]3OC(=O)[C@H](CN4CCN(c5ncccn5)CC4)[C@@H]3[C@H](O)[C@@]21C. The molecular formula is C23H32N4O3. The summed E-state index contributed by atoms with van der Waals surface area (Å²) >= 11 is 0. The van der Waals surface area contributed by atoms with E-state index in [4.69, 9.17) is 4.74 Å². The molecule has 0 spiro atoms. The van der Waals surface area contributed by atoms with E-state index in [9.17, 15) is 9.90 Å². The Morgan fingerprint density at radius 3 is 2.70 bits per heavy atom. The van der Waals surface area contributed by atoms with Crippen molar-refractivity contribution in [1.29, 1.82) is 0 Å². The summed E-state index contributed by atoms with van der Waals surface area (Å²) in [7, 11) is 0. The van der Waals surface area contributed by atoms with Gasteiger partial charge in [0.1, 0.15) is 6.10 Å².